The van der Waals surface area contributed by atoms with Crippen molar-refractivity contribution in [1.82, 2.24) is 14.5 Å². The summed E-state index contributed by atoms with van der Waals surface area (Å²) in [4.78, 5) is 8.01. The maximum absolute atomic E-state index is 5.89. The summed E-state index contributed by atoms with van der Waals surface area (Å²) in [6.45, 7) is 0. The number of nitrogens with two attached hydrogens (primary N) is 2. The van der Waals surface area contributed by atoms with E-state index in [1.165, 1.54) is 16.5 Å². The summed E-state index contributed by atoms with van der Waals surface area (Å²) >= 11 is 0. The van der Waals surface area contributed by atoms with Crippen molar-refractivity contribution in [1.29, 1.82) is 0 Å². The lowest BCUT2D eigenvalue weighted by Gasteiger charge is -2.05. The van der Waals surface area contributed by atoms with Crippen molar-refractivity contribution in [3.63, 3.8) is 0 Å². The van der Waals surface area contributed by atoms with Crippen molar-refractivity contribution < 1.29 is 4.74 Å². The molecule has 1 aromatic carbocycles. The topological polar surface area (TPSA) is 92.0 Å². The van der Waals surface area contributed by atoms with Gasteiger partial charge in [0.1, 0.15) is 11.6 Å². The van der Waals surface area contributed by atoms with E-state index in [0.29, 0.717) is 5.82 Å². The highest BCUT2D eigenvalue weighted by Crippen LogP contribution is 2.26. The fraction of sp³-hybridized carbons (Fsp3) is 0.250. The number of aromatic nitrogens is 3. The summed E-state index contributed by atoms with van der Waals surface area (Å²) in [6.07, 6.45) is 5.45. The molecule has 3 rings (SSSR count). The third-order valence-corrected chi connectivity index (χ3v) is 3.86. The van der Waals surface area contributed by atoms with Gasteiger partial charge in [0, 0.05) is 35.9 Å². The number of ether oxygens (including phenoxy) is 1. The maximum Gasteiger partial charge on any atom is 0.221 e. The van der Waals surface area contributed by atoms with E-state index in [4.69, 9.17) is 16.2 Å². The zero-order chi connectivity index (χ0) is 15.7. The average molecular weight is 297 g/mol. The second kappa shape index (κ2) is 5.55. The molecule has 6 heteroatoms. The van der Waals surface area contributed by atoms with E-state index in [-0.39, 0.29) is 5.95 Å². The molecule has 114 valence electrons. The minimum atomic E-state index is 0.205. The van der Waals surface area contributed by atoms with Crippen LogP contribution < -0.4 is 16.2 Å². The Bertz CT molecular complexity index is 825. The van der Waals surface area contributed by atoms with Gasteiger partial charge in [-0.1, -0.05) is 0 Å². The van der Waals surface area contributed by atoms with Gasteiger partial charge in [0.2, 0.25) is 5.95 Å². The molecule has 0 saturated carbocycles. The van der Waals surface area contributed by atoms with E-state index in [1.54, 1.807) is 13.3 Å². The van der Waals surface area contributed by atoms with Gasteiger partial charge in [-0.3, -0.25) is 0 Å². The molecular weight excluding hydrogens is 278 g/mol. The summed E-state index contributed by atoms with van der Waals surface area (Å²) in [5.41, 5.74) is 14.8. The van der Waals surface area contributed by atoms with Crippen molar-refractivity contribution in [3.05, 3.63) is 41.7 Å². The molecule has 0 bridgehead atoms. The second-order valence-electron chi connectivity index (χ2n) is 5.29. The van der Waals surface area contributed by atoms with Crippen molar-refractivity contribution in [2.24, 2.45) is 7.05 Å². The van der Waals surface area contributed by atoms with Gasteiger partial charge in [0.15, 0.2) is 0 Å². The Kier molecular flexibility index (Phi) is 3.58. The van der Waals surface area contributed by atoms with Crippen molar-refractivity contribution >= 4 is 22.7 Å². The molecule has 0 aliphatic carbocycles. The fourth-order valence-electron chi connectivity index (χ4n) is 2.68. The number of hydrogen-bond acceptors (Lipinski definition) is 5. The van der Waals surface area contributed by atoms with Gasteiger partial charge < -0.3 is 20.8 Å². The number of anilines is 2. The van der Waals surface area contributed by atoms with E-state index >= 15 is 0 Å². The summed E-state index contributed by atoms with van der Waals surface area (Å²) in [7, 11) is 3.72. The third kappa shape index (κ3) is 2.55. The Hall–Kier alpha value is -2.76. The Balaban J connectivity index is 1.90. The molecular formula is C16H19N5O. The molecule has 0 radical (unpaired) electrons. The molecule has 0 atom stereocenters. The smallest absolute Gasteiger partial charge is 0.221 e. The van der Waals surface area contributed by atoms with Crippen LogP contribution in [0.1, 0.15) is 11.1 Å². The Morgan fingerprint density at radius 1 is 1.18 bits per heavy atom. The van der Waals surface area contributed by atoms with Crippen LogP contribution in [0.3, 0.4) is 0 Å². The normalized spacial score (nSPS) is 11.0. The fourth-order valence-corrected chi connectivity index (χ4v) is 2.68. The molecule has 0 unspecified atom stereocenters. The standard InChI is InChI=1S/C16H19N5O/c1-21-9-11(13-7-12(22-2)5-6-14(13)21)4-3-10-8-19-16(18)20-15(10)17/h5-9H,3-4H2,1-2H3,(H4,17,18,19,20). The van der Waals surface area contributed by atoms with Crippen LogP contribution in [-0.4, -0.2) is 21.6 Å². The van der Waals surface area contributed by atoms with Gasteiger partial charge in [0.25, 0.3) is 0 Å². The predicted octanol–water partition coefficient (Wildman–Crippen LogP) is 1.93. The van der Waals surface area contributed by atoms with Gasteiger partial charge >= 0.3 is 0 Å². The molecule has 0 amide bonds. The number of hydrogen-bond donors (Lipinski definition) is 2. The Morgan fingerprint density at radius 2 is 1.95 bits per heavy atom. The SMILES string of the molecule is COc1ccc2c(c1)c(CCc1cnc(N)nc1N)cn2C. The average Bonchev–Trinajstić information content (AvgIpc) is 2.82. The number of nitrogens with zero attached hydrogens (tertiary/aromatic N) is 3. The van der Waals surface area contributed by atoms with E-state index in [0.717, 1.165) is 24.2 Å². The van der Waals surface area contributed by atoms with Gasteiger partial charge in [0.05, 0.1) is 7.11 Å². The minimum Gasteiger partial charge on any atom is -0.497 e. The first-order chi connectivity index (χ1) is 10.6. The van der Waals surface area contributed by atoms with Crippen LogP contribution in [-0.2, 0) is 19.9 Å². The number of methoxy groups -OCH3 is 1. The van der Waals surface area contributed by atoms with Crippen LogP contribution in [0.4, 0.5) is 11.8 Å². The summed E-state index contributed by atoms with van der Waals surface area (Å²) in [5, 5.41) is 1.19. The zero-order valence-corrected chi connectivity index (χ0v) is 12.7. The largest absolute Gasteiger partial charge is 0.497 e. The molecule has 0 fully saturated rings. The van der Waals surface area contributed by atoms with Crippen molar-refractivity contribution in [3.8, 4) is 5.75 Å². The van der Waals surface area contributed by atoms with E-state index < -0.39 is 0 Å². The van der Waals surface area contributed by atoms with Crippen molar-refractivity contribution in [2.45, 2.75) is 12.8 Å². The number of rotatable bonds is 4. The van der Waals surface area contributed by atoms with E-state index in [2.05, 4.69) is 32.9 Å². The van der Waals surface area contributed by atoms with Crippen molar-refractivity contribution in [2.75, 3.05) is 18.6 Å². The molecule has 0 saturated heterocycles. The number of aryl methyl sites for hydroxylation is 3. The second-order valence-corrected chi connectivity index (χ2v) is 5.29. The molecule has 22 heavy (non-hydrogen) atoms. The molecule has 0 aliphatic heterocycles. The predicted molar refractivity (Wildman–Crippen MR) is 87.7 cm³/mol. The van der Waals surface area contributed by atoms with Crippen LogP contribution >= 0.6 is 0 Å². The van der Waals surface area contributed by atoms with E-state index in [9.17, 15) is 0 Å². The lowest BCUT2D eigenvalue weighted by molar-refractivity contribution is 0.415. The van der Waals surface area contributed by atoms with Gasteiger partial charge in [-0.15, -0.1) is 0 Å². The highest BCUT2D eigenvalue weighted by molar-refractivity contribution is 5.85. The molecule has 0 spiro atoms. The lowest BCUT2D eigenvalue weighted by atomic mass is 10.0. The summed E-state index contributed by atoms with van der Waals surface area (Å²) in [6, 6.07) is 6.10. The number of nitrogen functional groups attached to an aromatic ring is 2. The molecule has 4 N–H and O–H groups in total. The Morgan fingerprint density at radius 3 is 2.68 bits per heavy atom. The highest BCUT2D eigenvalue weighted by atomic mass is 16.5. The minimum absolute atomic E-state index is 0.205. The van der Waals surface area contributed by atoms with Crippen LogP contribution in [0, 0.1) is 0 Å². The van der Waals surface area contributed by atoms with Crippen LogP contribution in [0.2, 0.25) is 0 Å². The first-order valence-electron chi connectivity index (χ1n) is 7.07. The van der Waals surface area contributed by atoms with E-state index in [1.807, 2.05) is 13.1 Å². The zero-order valence-electron chi connectivity index (χ0n) is 12.7. The summed E-state index contributed by atoms with van der Waals surface area (Å²) in [5.74, 6) is 1.51. The van der Waals surface area contributed by atoms with Crippen LogP contribution in [0.5, 0.6) is 5.75 Å². The highest BCUT2D eigenvalue weighted by Gasteiger charge is 2.10. The number of benzene rings is 1. The summed E-state index contributed by atoms with van der Waals surface area (Å²) < 4.78 is 7.44. The lowest BCUT2D eigenvalue weighted by Crippen LogP contribution is -2.04. The molecule has 2 aromatic heterocycles. The van der Waals surface area contributed by atoms with Gasteiger partial charge in [-0.25, -0.2) is 4.98 Å². The van der Waals surface area contributed by atoms with Crippen LogP contribution in [0.25, 0.3) is 10.9 Å². The molecule has 6 nitrogen and oxygen atoms in total. The Labute approximate surface area is 128 Å². The first-order valence-corrected chi connectivity index (χ1v) is 7.07. The van der Waals surface area contributed by atoms with Gasteiger partial charge in [-0.05, 0) is 36.6 Å². The maximum atomic E-state index is 5.89. The third-order valence-electron chi connectivity index (χ3n) is 3.86. The monoisotopic (exact) mass is 297 g/mol. The quantitative estimate of drug-likeness (QED) is 0.767. The molecule has 2 heterocycles. The first kappa shape index (κ1) is 14.2. The van der Waals surface area contributed by atoms with Gasteiger partial charge in [-0.2, -0.15) is 4.98 Å². The van der Waals surface area contributed by atoms with Crippen LogP contribution in [0.15, 0.2) is 30.6 Å². The molecule has 0 aliphatic rings. The molecule has 3 aromatic rings. The number of fused-ring (bicyclic) bond motifs is 1.